The number of carboxylic acids is 1. The third kappa shape index (κ3) is 3.85. The van der Waals surface area contributed by atoms with Gasteiger partial charge in [0.15, 0.2) is 21.5 Å². The van der Waals surface area contributed by atoms with E-state index in [-0.39, 0.29) is 34.0 Å². The number of carbonyl (C=O) groups excluding carboxylic acids is 1. The SMILES string of the molecule is O=C(Nc1ccc(F)c(F)c1)c1ccc(Cl)c(S(=O)(=O)C2CC(C(=O)O)C2)c1. The van der Waals surface area contributed by atoms with Gasteiger partial charge in [-0.3, -0.25) is 9.59 Å². The molecule has 1 aliphatic rings. The lowest BCUT2D eigenvalue weighted by molar-refractivity contribution is -0.144. The van der Waals surface area contributed by atoms with Crippen molar-refractivity contribution in [2.75, 3.05) is 5.32 Å². The number of aliphatic carboxylic acids is 1. The fraction of sp³-hybridized carbons (Fsp3) is 0.222. The Balaban J connectivity index is 1.84. The molecule has 3 rings (SSSR count). The molecule has 0 bridgehead atoms. The summed E-state index contributed by atoms with van der Waals surface area (Å²) in [6.07, 6.45) is -0.0570. The van der Waals surface area contributed by atoms with Gasteiger partial charge in [-0.1, -0.05) is 11.6 Å². The summed E-state index contributed by atoms with van der Waals surface area (Å²) in [5, 5.41) is 10.3. The number of rotatable bonds is 5. The van der Waals surface area contributed by atoms with Gasteiger partial charge in [0.2, 0.25) is 0 Å². The van der Waals surface area contributed by atoms with Gasteiger partial charge in [0.1, 0.15) is 0 Å². The van der Waals surface area contributed by atoms with E-state index >= 15 is 0 Å². The van der Waals surface area contributed by atoms with Crippen molar-refractivity contribution >= 4 is 39.0 Å². The standard InChI is InChI=1S/C18H14ClF2NO5S/c19-13-3-1-9(17(23)22-11-2-4-14(20)15(21)8-11)7-16(13)28(26,27)12-5-10(6-12)18(24)25/h1-4,7-8,10,12H,5-6H2,(H,22,23)(H,24,25). The van der Waals surface area contributed by atoms with E-state index in [1.165, 1.54) is 12.1 Å². The highest BCUT2D eigenvalue weighted by atomic mass is 35.5. The number of sulfone groups is 1. The van der Waals surface area contributed by atoms with Crippen LogP contribution < -0.4 is 5.32 Å². The molecule has 0 heterocycles. The number of carbonyl (C=O) groups is 2. The molecule has 2 N–H and O–H groups in total. The Morgan fingerprint density at radius 3 is 2.36 bits per heavy atom. The normalized spacial score (nSPS) is 19.0. The average Bonchev–Trinajstić information content (AvgIpc) is 2.56. The van der Waals surface area contributed by atoms with E-state index in [2.05, 4.69) is 5.32 Å². The first kappa shape index (κ1) is 20.2. The van der Waals surface area contributed by atoms with Gasteiger partial charge in [-0.15, -0.1) is 0 Å². The molecule has 0 aliphatic heterocycles. The third-order valence-electron chi connectivity index (χ3n) is 4.56. The third-order valence-corrected chi connectivity index (χ3v) is 7.22. The topological polar surface area (TPSA) is 101 Å². The van der Waals surface area contributed by atoms with Crippen LogP contribution >= 0.6 is 11.6 Å². The van der Waals surface area contributed by atoms with E-state index in [4.69, 9.17) is 16.7 Å². The Morgan fingerprint density at radius 1 is 1.07 bits per heavy atom. The highest BCUT2D eigenvalue weighted by Gasteiger charge is 2.43. The fourth-order valence-corrected chi connectivity index (χ4v) is 5.24. The number of nitrogens with one attached hydrogen (secondary N) is 1. The average molecular weight is 430 g/mol. The summed E-state index contributed by atoms with van der Waals surface area (Å²) in [5.41, 5.74) is -0.0617. The van der Waals surface area contributed by atoms with Crippen LogP contribution in [0.2, 0.25) is 5.02 Å². The second-order valence-corrected chi connectivity index (χ2v) is 9.01. The minimum absolute atomic E-state index is 0.00782. The molecule has 2 aromatic carbocycles. The van der Waals surface area contributed by atoms with Gasteiger partial charge < -0.3 is 10.4 Å². The highest BCUT2D eigenvalue weighted by molar-refractivity contribution is 7.92. The molecule has 0 aromatic heterocycles. The molecule has 0 unspecified atom stereocenters. The van der Waals surface area contributed by atoms with Crippen LogP contribution in [0.1, 0.15) is 23.2 Å². The van der Waals surface area contributed by atoms with Crippen molar-refractivity contribution in [1.82, 2.24) is 0 Å². The number of carboxylic acid groups (broad SMARTS) is 1. The van der Waals surface area contributed by atoms with Gasteiger partial charge >= 0.3 is 5.97 Å². The second-order valence-electron chi connectivity index (χ2n) is 6.40. The maximum absolute atomic E-state index is 13.3. The first-order valence-electron chi connectivity index (χ1n) is 8.12. The zero-order valence-corrected chi connectivity index (χ0v) is 15.7. The van der Waals surface area contributed by atoms with Gasteiger partial charge in [0.05, 0.1) is 21.1 Å². The van der Waals surface area contributed by atoms with E-state index in [0.29, 0.717) is 0 Å². The van der Waals surface area contributed by atoms with Gasteiger partial charge in [0, 0.05) is 17.3 Å². The van der Waals surface area contributed by atoms with Crippen molar-refractivity contribution in [3.63, 3.8) is 0 Å². The number of anilines is 1. The molecule has 1 fully saturated rings. The lowest BCUT2D eigenvalue weighted by atomic mass is 9.85. The van der Waals surface area contributed by atoms with Crippen LogP contribution in [0.15, 0.2) is 41.3 Å². The van der Waals surface area contributed by atoms with Crippen molar-refractivity contribution in [3.05, 3.63) is 58.6 Å². The Morgan fingerprint density at radius 2 is 1.75 bits per heavy atom. The molecule has 28 heavy (non-hydrogen) atoms. The molecule has 1 aliphatic carbocycles. The molecule has 148 valence electrons. The molecular weight excluding hydrogens is 416 g/mol. The molecule has 1 saturated carbocycles. The number of amides is 1. The number of benzene rings is 2. The van der Waals surface area contributed by atoms with Gasteiger partial charge in [0.25, 0.3) is 5.91 Å². The minimum atomic E-state index is -3.93. The zero-order chi connectivity index (χ0) is 20.6. The van der Waals surface area contributed by atoms with Gasteiger partial charge in [-0.2, -0.15) is 0 Å². The van der Waals surface area contributed by atoms with Crippen LogP contribution in [0.4, 0.5) is 14.5 Å². The first-order chi connectivity index (χ1) is 13.1. The van der Waals surface area contributed by atoms with Crippen LogP contribution in [-0.4, -0.2) is 30.7 Å². The van der Waals surface area contributed by atoms with Crippen molar-refractivity contribution < 1.29 is 31.9 Å². The number of halogens is 3. The summed E-state index contributed by atoms with van der Waals surface area (Å²) in [4.78, 5) is 23.0. The number of hydrogen-bond acceptors (Lipinski definition) is 4. The summed E-state index contributed by atoms with van der Waals surface area (Å²) in [5.74, 6) is -4.74. The Kier molecular flexibility index (Phi) is 5.40. The van der Waals surface area contributed by atoms with Crippen molar-refractivity contribution in [2.24, 2.45) is 5.92 Å². The van der Waals surface area contributed by atoms with Crippen molar-refractivity contribution in [3.8, 4) is 0 Å². The van der Waals surface area contributed by atoms with Crippen molar-refractivity contribution in [2.45, 2.75) is 23.0 Å². The van der Waals surface area contributed by atoms with Crippen LogP contribution in [0.25, 0.3) is 0 Å². The summed E-state index contributed by atoms with van der Waals surface area (Å²) in [7, 11) is -3.93. The van der Waals surface area contributed by atoms with E-state index in [9.17, 15) is 26.8 Å². The second kappa shape index (κ2) is 7.48. The smallest absolute Gasteiger partial charge is 0.306 e. The van der Waals surface area contributed by atoms with Gasteiger partial charge in [-0.05, 0) is 43.2 Å². The predicted molar refractivity (Wildman–Crippen MR) is 97.1 cm³/mol. The molecule has 10 heteroatoms. The summed E-state index contributed by atoms with van der Waals surface area (Å²) in [6.45, 7) is 0. The van der Waals surface area contributed by atoms with Crippen molar-refractivity contribution in [1.29, 1.82) is 0 Å². The van der Waals surface area contributed by atoms with Crippen LogP contribution in [0.3, 0.4) is 0 Å². The summed E-state index contributed by atoms with van der Waals surface area (Å²) in [6, 6.07) is 6.41. The summed E-state index contributed by atoms with van der Waals surface area (Å²) >= 11 is 5.99. The maximum Gasteiger partial charge on any atom is 0.306 e. The molecule has 6 nitrogen and oxygen atoms in total. The maximum atomic E-state index is 13.3. The Bertz CT molecular complexity index is 1070. The van der Waals surface area contributed by atoms with E-state index in [1.807, 2.05) is 0 Å². The molecule has 0 radical (unpaired) electrons. The van der Waals surface area contributed by atoms with Gasteiger partial charge in [-0.25, -0.2) is 17.2 Å². The molecular formula is C18H14ClF2NO5S. The lowest BCUT2D eigenvalue weighted by Crippen LogP contribution is -2.40. The molecule has 0 spiro atoms. The van der Waals surface area contributed by atoms with Crippen LogP contribution in [-0.2, 0) is 14.6 Å². The number of hydrogen-bond donors (Lipinski definition) is 2. The van der Waals surface area contributed by atoms with Crippen LogP contribution in [0, 0.1) is 17.6 Å². The highest BCUT2D eigenvalue weighted by Crippen LogP contribution is 2.38. The molecule has 0 atom stereocenters. The molecule has 0 saturated heterocycles. The van der Waals surface area contributed by atoms with E-state index in [1.54, 1.807) is 0 Å². The van der Waals surface area contributed by atoms with Crippen LogP contribution in [0.5, 0.6) is 0 Å². The summed E-state index contributed by atoms with van der Waals surface area (Å²) < 4.78 is 51.7. The molecule has 2 aromatic rings. The monoisotopic (exact) mass is 429 g/mol. The Labute approximate surface area is 164 Å². The predicted octanol–water partition coefficient (Wildman–Crippen LogP) is 3.51. The minimum Gasteiger partial charge on any atom is -0.481 e. The lowest BCUT2D eigenvalue weighted by Gasteiger charge is -2.32. The largest absolute Gasteiger partial charge is 0.481 e. The fourth-order valence-electron chi connectivity index (χ4n) is 2.84. The Hall–Kier alpha value is -2.52. The first-order valence-corrected chi connectivity index (χ1v) is 10.0. The molecule has 1 amide bonds. The van der Waals surface area contributed by atoms with E-state index in [0.717, 1.165) is 24.3 Å². The zero-order valence-electron chi connectivity index (χ0n) is 14.2. The van der Waals surface area contributed by atoms with E-state index < -0.39 is 44.5 Å². The quantitative estimate of drug-likeness (QED) is 0.757.